The van der Waals surface area contributed by atoms with Crippen LogP contribution in [0.3, 0.4) is 0 Å². The van der Waals surface area contributed by atoms with Crippen molar-refractivity contribution in [3.05, 3.63) is 53.3 Å². The summed E-state index contributed by atoms with van der Waals surface area (Å²) in [4.78, 5) is 18.2. The quantitative estimate of drug-likeness (QED) is 0.866. The van der Waals surface area contributed by atoms with Crippen molar-refractivity contribution in [2.45, 2.75) is 12.6 Å². The minimum absolute atomic E-state index is 0.208. The number of nitrogens with zero attached hydrogens (tertiary/aromatic N) is 3. The number of methoxy groups -OCH3 is 2. The number of carbonyl (C=O) groups is 1. The second kappa shape index (κ2) is 5.97. The van der Waals surface area contributed by atoms with Crippen LogP contribution in [0.4, 0.5) is 0 Å². The number of pyridine rings is 1. The molecule has 2 aromatic rings. The number of hydrogen-bond acceptors (Lipinski definition) is 5. The Morgan fingerprint density at radius 3 is 2.61 bits per heavy atom. The van der Waals surface area contributed by atoms with Crippen molar-refractivity contribution >= 4 is 5.91 Å². The van der Waals surface area contributed by atoms with Gasteiger partial charge in [-0.3, -0.25) is 9.78 Å². The molecule has 0 spiro atoms. The lowest BCUT2D eigenvalue weighted by atomic mass is 10.0. The number of amides is 1. The molecular formula is C17H15N3O3. The summed E-state index contributed by atoms with van der Waals surface area (Å²) in [5.74, 6) is 0.799. The fraction of sp³-hybridized carbons (Fsp3) is 0.235. The number of nitriles is 1. The van der Waals surface area contributed by atoms with E-state index in [2.05, 4.69) is 11.1 Å². The van der Waals surface area contributed by atoms with Crippen molar-refractivity contribution < 1.29 is 14.3 Å². The van der Waals surface area contributed by atoms with Crippen LogP contribution >= 0.6 is 0 Å². The Morgan fingerprint density at radius 2 is 2.00 bits per heavy atom. The lowest BCUT2D eigenvalue weighted by Crippen LogP contribution is -2.26. The average Bonchev–Trinajstić information content (AvgIpc) is 2.87. The van der Waals surface area contributed by atoms with E-state index in [4.69, 9.17) is 9.47 Å². The van der Waals surface area contributed by atoms with E-state index < -0.39 is 6.04 Å². The maximum Gasteiger partial charge on any atom is 0.256 e. The molecule has 0 bridgehead atoms. The van der Waals surface area contributed by atoms with E-state index in [-0.39, 0.29) is 5.91 Å². The number of aromatic nitrogens is 1. The standard InChI is InChI=1S/C17H15N3O3/c1-22-12-7-13-16(15(8-12)23-2)14(9-18)20(17(13)21)10-11-3-5-19-6-4-11/h3-8,14H,10H2,1-2H3. The molecule has 116 valence electrons. The van der Waals surface area contributed by atoms with E-state index in [0.29, 0.717) is 29.2 Å². The van der Waals surface area contributed by atoms with Crippen LogP contribution in [0.15, 0.2) is 36.7 Å². The number of ether oxygens (including phenoxy) is 2. The van der Waals surface area contributed by atoms with Crippen molar-refractivity contribution in [1.82, 2.24) is 9.88 Å². The summed E-state index contributed by atoms with van der Waals surface area (Å²) in [7, 11) is 3.04. The highest BCUT2D eigenvalue weighted by Crippen LogP contribution is 2.42. The number of hydrogen-bond donors (Lipinski definition) is 0. The highest BCUT2D eigenvalue weighted by molar-refractivity contribution is 6.01. The van der Waals surface area contributed by atoms with Crippen LogP contribution in [0.1, 0.15) is 27.5 Å². The van der Waals surface area contributed by atoms with Crippen LogP contribution in [0, 0.1) is 11.3 Å². The van der Waals surface area contributed by atoms with Crippen molar-refractivity contribution in [3.63, 3.8) is 0 Å². The lowest BCUT2D eigenvalue weighted by molar-refractivity contribution is 0.0744. The third kappa shape index (κ3) is 2.46. The van der Waals surface area contributed by atoms with Gasteiger partial charge >= 0.3 is 0 Å². The third-order valence-electron chi connectivity index (χ3n) is 3.87. The van der Waals surface area contributed by atoms with E-state index in [1.807, 2.05) is 12.1 Å². The minimum Gasteiger partial charge on any atom is -0.497 e. The number of fused-ring (bicyclic) bond motifs is 1. The van der Waals surface area contributed by atoms with Gasteiger partial charge in [0.1, 0.15) is 17.5 Å². The molecule has 0 aliphatic carbocycles. The van der Waals surface area contributed by atoms with Gasteiger partial charge in [-0.15, -0.1) is 0 Å². The van der Waals surface area contributed by atoms with E-state index in [9.17, 15) is 10.1 Å². The zero-order chi connectivity index (χ0) is 16.4. The summed E-state index contributed by atoms with van der Waals surface area (Å²) < 4.78 is 10.6. The molecule has 0 radical (unpaired) electrons. The summed E-state index contributed by atoms with van der Waals surface area (Å²) in [6.45, 7) is 0.333. The molecule has 1 unspecified atom stereocenters. The first-order valence-electron chi connectivity index (χ1n) is 7.05. The summed E-state index contributed by atoms with van der Waals surface area (Å²) in [6.07, 6.45) is 3.32. The van der Waals surface area contributed by atoms with E-state index in [1.54, 1.807) is 24.5 Å². The molecule has 2 heterocycles. The summed E-state index contributed by atoms with van der Waals surface area (Å²) in [5.41, 5.74) is 1.95. The van der Waals surface area contributed by atoms with Crippen molar-refractivity contribution in [1.29, 1.82) is 5.26 Å². The van der Waals surface area contributed by atoms with Gasteiger partial charge in [0.05, 0.1) is 25.9 Å². The molecule has 0 fully saturated rings. The van der Waals surface area contributed by atoms with Crippen LogP contribution in [-0.4, -0.2) is 30.0 Å². The second-order valence-corrected chi connectivity index (χ2v) is 5.11. The highest BCUT2D eigenvalue weighted by Gasteiger charge is 2.40. The fourth-order valence-corrected chi connectivity index (χ4v) is 2.76. The van der Waals surface area contributed by atoms with Gasteiger partial charge in [0.25, 0.3) is 5.91 Å². The smallest absolute Gasteiger partial charge is 0.256 e. The average molecular weight is 309 g/mol. The van der Waals surface area contributed by atoms with Gasteiger partial charge in [0.15, 0.2) is 0 Å². The number of rotatable bonds is 4. The predicted octanol–water partition coefficient (Wildman–Crippen LogP) is 2.32. The molecule has 1 aliphatic rings. The van der Waals surface area contributed by atoms with Crippen LogP contribution in [0.25, 0.3) is 0 Å². The molecule has 1 atom stereocenters. The van der Waals surface area contributed by atoms with Crippen LogP contribution in [0.2, 0.25) is 0 Å². The first kappa shape index (κ1) is 14.9. The Labute approximate surface area is 133 Å². The van der Waals surface area contributed by atoms with Crippen LogP contribution in [-0.2, 0) is 6.54 Å². The predicted molar refractivity (Wildman–Crippen MR) is 82.0 cm³/mol. The zero-order valence-corrected chi connectivity index (χ0v) is 12.8. The normalized spacial score (nSPS) is 16.0. The summed E-state index contributed by atoms with van der Waals surface area (Å²) in [5, 5.41) is 9.58. The fourth-order valence-electron chi connectivity index (χ4n) is 2.76. The molecule has 6 nitrogen and oxygen atoms in total. The van der Waals surface area contributed by atoms with Gasteiger partial charge in [-0.2, -0.15) is 5.26 Å². The molecule has 6 heteroatoms. The monoisotopic (exact) mass is 309 g/mol. The SMILES string of the molecule is COc1cc(OC)c2c(c1)C(=O)N(Cc1ccncc1)C2C#N. The molecule has 23 heavy (non-hydrogen) atoms. The van der Waals surface area contributed by atoms with Gasteiger partial charge in [0.2, 0.25) is 0 Å². The first-order chi connectivity index (χ1) is 11.2. The molecule has 3 rings (SSSR count). The molecule has 1 aromatic carbocycles. The first-order valence-corrected chi connectivity index (χ1v) is 7.05. The Balaban J connectivity index is 2.05. The van der Waals surface area contributed by atoms with Gasteiger partial charge in [-0.1, -0.05) is 0 Å². The van der Waals surface area contributed by atoms with Crippen molar-refractivity contribution in [3.8, 4) is 17.6 Å². The second-order valence-electron chi connectivity index (χ2n) is 5.11. The number of benzene rings is 1. The molecule has 1 aliphatic heterocycles. The molecular weight excluding hydrogens is 294 g/mol. The van der Waals surface area contributed by atoms with E-state index >= 15 is 0 Å². The van der Waals surface area contributed by atoms with Crippen molar-refractivity contribution in [2.24, 2.45) is 0 Å². The van der Waals surface area contributed by atoms with Gasteiger partial charge in [-0.25, -0.2) is 0 Å². The minimum atomic E-state index is -0.688. The topological polar surface area (TPSA) is 75.5 Å². The van der Waals surface area contributed by atoms with E-state index in [1.165, 1.54) is 19.1 Å². The largest absolute Gasteiger partial charge is 0.497 e. The number of carbonyl (C=O) groups excluding carboxylic acids is 1. The van der Waals surface area contributed by atoms with Crippen LogP contribution in [0.5, 0.6) is 11.5 Å². The maximum atomic E-state index is 12.8. The molecule has 1 aromatic heterocycles. The van der Waals surface area contributed by atoms with Crippen LogP contribution < -0.4 is 9.47 Å². The van der Waals surface area contributed by atoms with Crippen molar-refractivity contribution in [2.75, 3.05) is 14.2 Å². The van der Waals surface area contributed by atoms with Gasteiger partial charge < -0.3 is 14.4 Å². The Morgan fingerprint density at radius 1 is 1.26 bits per heavy atom. The molecule has 0 saturated heterocycles. The van der Waals surface area contributed by atoms with E-state index in [0.717, 1.165) is 5.56 Å². The Kier molecular flexibility index (Phi) is 3.85. The summed E-state index contributed by atoms with van der Waals surface area (Å²) in [6, 6.07) is 8.49. The molecule has 1 amide bonds. The van der Waals surface area contributed by atoms with Gasteiger partial charge in [0, 0.05) is 30.6 Å². The maximum absolute atomic E-state index is 12.8. The highest BCUT2D eigenvalue weighted by atomic mass is 16.5. The Hall–Kier alpha value is -3.07. The molecule has 0 N–H and O–H groups in total. The third-order valence-corrected chi connectivity index (χ3v) is 3.87. The Bertz CT molecular complexity index is 784. The summed E-state index contributed by atoms with van der Waals surface area (Å²) >= 11 is 0. The molecule has 0 saturated carbocycles. The zero-order valence-electron chi connectivity index (χ0n) is 12.8. The van der Waals surface area contributed by atoms with Gasteiger partial charge in [-0.05, 0) is 23.8 Å². The lowest BCUT2D eigenvalue weighted by Gasteiger charge is -2.20.